The number of nitrogens with zero attached hydrogens (tertiary/aromatic N) is 3. The Kier molecular flexibility index (Phi) is 4.24. The highest BCUT2D eigenvalue weighted by atomic mass is 35.5. The summed E-state index contributed by atoms with van der Waals surface area (Å²) in [5, 5.41) is 8.31. The van der Waals surface area contributed by atoms with Crippen LogP contribution in [0, 0.1) is 0 Å². The van der Waals surface area contributed by atoms with Crippen molar-refractivity contribution in [2.24, 2.45) is 0 Å². The van der Waals surface area contributed by atoms with Crippen molar-refractivity contribution >= 4 is 29.2 Å². The Bertz CT molecular complexity index is 601. The molecule has 6 nitrogen and oxygen atoms in total. The second-order valence-corrected chi connectivity index (χ2v) is 4.35. The average Bonchev–Trinajstić information content (AvgIpc) is 2.79. The number of ether oxygens (including phenoxy) is 2. The number of rotatable bonds is 4. The van der Waals surface area contributed by atoms with E-state index in [0.29, 0.717) is 15.8 Å². The molecular weight excluding hydrogens is 293 g/mol. The van der Waals surface area contributed by atoms with E-state index in [0.717, 1.165) is 0 Å². The summed E-state index contributed by atoms with van der Waals surface area (Å²) in [6.07, 6.45) is 1.49. The first-order chi connectivity index (χ1) is 9.04. The lowest BCUT2D eigenvalue weighted by Crippen LogP contribution is -2.06. The van der Waals surface area contributed by atoms with Gasteiger partial charge < -0.3 is 9.47 Å². The molecule has 19 heavy (non-hydrogen) atoms. The van der Waals surface area contributed by atoms with Crippen LogP contribution < -0.4 is 4.74 Å². The van der Waals surface area contributed by atoms with Gasteiger partial charge in [0.2, 0.25) is 0 Å². The molecule has 0 bridgehead atoms. The zero-order chi connectivity index (χ0) is 13.8. The van der Waals surface area contributed by atoms with Crippen LogP contribution in [0.15, 0.2) is 24.4 Å². The smallest absolute Gasteiger partial charge is 0.304 e. The minimum atomic E-state index is -0.401. The Morgan fingerprint density at radius 2 is 2.16 bits per heavy atom. The summed E-state index contributed by atoms with van der Waals surface area (Å²) >= 11 is 11.6. The predicted octanol–water partition coefficient (Wildman–Crippen LogP) is 2.90. The third-order valence-corrected chi connectivity index (χ3v) is 2.77. The Morgan fingerprint density at radius 1 is 1.37 bits per heavy atom. The Labute approximate surface area is 118 Å². The molecule has 0 aliphatic heterocycles. The monoisotopic (exact) mass is 301 g/mol. The zero-order valence-electron chi connectivity index (χ0n) is 9.84. The van der Waals surface area contributed by atoms with E-state index in [2.05, 4.69) is 10.3 Å². The zero-order valence-corrected chi connectivity index (χ0v) is 11.4. The Morgan fingerprint density at radius 3 is 2.84 bits per heavy atom. The first-order valence-electron chi connectivity index (χ1n) is 5.21. The van der Waals surface area contributed by atoms with Gasteiger partial charge in [0.05, 0.1) is 16.2 Å². The van der Waals surface area contributed by atoms with E-state index in [1.807, 2.05) is 0 Å². The van der Waals surface area contributed by atoms with Gasteiger partial charge in [0.1, 0.15) is 5.75 Å². The number of hydrogen-bond acceptors (Lipinski definition) is 5. The van der Waals surface area contributed by atoms with E-state index in [-0.39, 0.29) is 12.6 Å². The SMILES string of the molecule is CC(=O)OCn1cc(Oc2ccc(Cl)c(Cl)c2)nn1. The van der Waals surface area contributed by atoms with E-state index >= 15 is 0 Å². The van der Waals surface area contributed by atoms with Crippen LogP contribution in [0.5, 0.6) is 11.6 Å². The fourth-order valence-electron chi connectivity index (χ4n) is 1.21. The third kappa shape index (κ3) is 3.84. The number of esters is 1. The molecule has 0 saturated heterocycles. The van der Waals surface area contributed by atoms with Crippen molar-refractivity contribution in [3.63, 3.8) is 0 Å². The van der Waals surface area contributed by atoms with Crippen molar-refractivity contribution in [2.75, 3.05) is 0 Å². The van der Waals surface area contributed by atoms with Gasteiger partial charge in [0, 0.05) is 13.0 Å². The van der Waals surface area contributed by atoms with Gasteiger partial charge >= 0.3 is 5.97 Å². The topological polar surface area (TPSA) is 66.2 Å². The normalized spacial score (nSPS) is 10.3. The minimum Gasteiger partial charge on any atom is -0.442 e. The lowest BCUT2D eigenvalue weighted by atomic mass is 10.3. The second kappa shape index (κ2) is 5.90. The van der Waals surface area contributed by atoms with Crippen LogP contribution in [0.1, 0.15) is 6.92 Å². The van der Waals surface area contributed by atoms with Crippen LogP contribution in [0.3, 0.4) is 0 Å². The third-order valence-electron chi connectivity index (χ3n) is 2.03. The van der Waals surface area contributed by atoms with E-state index in [9.17, 15) is 4.79 Å². The van der Waals surface area contributed by atoms with Gasteiger partial charge in [-0.05, 0) is 12.1 Å². The number of carbonyl (C=O) groups excluding carboxylic acids is 1. The highest BCUT2D eigenvalue weighted by molar-refractivity contribution is 6.42. The van der Waals surface area contributed by atoms with Gasteiger partial charge in [0.25, 0.3) is 5.88 Å². The van der Waals surface area contributed by atoms with Gasteiger partial charge in [-0.25, -0.2) is 4.68 Å². The largest absolute Gasteiger partial charge is 0.442 e. The molecule has 8 heteroatoms. The second-order valence-electron chi connectivity index (χ2n) is 3.54. The van der Waals surface area contributed by atoms with E-state index in [4.69, 9.17) is 32.7 Å². The van der Waals surface area contributed by atoms with Crippen molar-refractivity contribution in [3.05, 3.63) is 34.4 Å². The first kappa shape index (κ1) is 13.6. The van der Waals surface area contributed by atoms with Crippen molar-refractivity contribution in [1.82, 2.24) is 15.0 Å². The molecule has 0 unspecified atom stereocenters. The summed E-state index contributed by atoms with van der Waals surface area (Å²) in [5.41, 5.74) is 0. The maximum Gasteiger partial charge on any atom is 0.304 e. The lowest BCUT2D eigenvalue weighted by molar-refractivity contribution is -0.145. The minimum absolute atomic E-state index is 0.0208. The molecule has 0 radical (unpaired) electrons. The summed E-state index contributed by atoms with van der Waals surface area (Å²) in [6, 6.07) is 4.83. The standard InChI is InChI=1S/C11H9Cl2N3O3/c1-7(17)18-6-16-5-11(14-15-16)19-8-2-3-9(12)10(13)4-8/h2-5H,6H2,1H3. The maximum atomic E-state index is 10.6. The van der Waals surface area contributed by atoms with Crippen molar-refractivity contribution in [3.8, 4) is 11.6 Å². The highest BCUT2D eigenvalue weighted by Gasteiger charge is 2.06. The van der Waals surface area contributed by atoms with Crippen molar-refractivity contribution < 1.29 is 14.3 Å². The lowest BCUT2D eigenvalue weighted by Gasteiger charge is -2.02. The summed E-state index contributed by atoms with van der Waals surface area (Å²) in [7, 11) is 0. The quantitative estimate of drug-likeness (QED) is 0.812. The molecule has 1 aromatic carbocycles. The average molecular weight is 302 g/mol. The maximum absolute atomic E-state index is 10.6. The van der Waals surface area contributed by atoms with E-state index < -0.39 is 5.97 Å². The Balaban J connectivity index is 2.02. The van der Waals surface area contributed by atoms with Crippen LogP contribution >= 0.6 is 23.2 Å². The van der Waals surface area contributed by atoms with Gasteiger partial charge in [-0.3, -0.25) is 4.79 Å². The molecule has 0 spiro atoms. The molecule has 0 saturated carbocycles. The van der Waals surface area contributed by atoms with Gasteiger partial charge in [-0.1, -0.05) is 33.5 Å². The van der Waals surface area contributed by atoms with Crippen molar-refractivity contribution in [2.45, 2.75) is 13.7 Å². The number of benzene rings is 1. The van der Waals surface area contributed by atoms with Gasteiger partial charge in [-0.15, -0.1) is 0 Å². The fraction of sp³-hybridized carbons (Fsp3) is 0.182. The molecular formula is C11H9Cl2N3O3. The van der Waals surface area contributed by atoms with Crippen molar-refractivity contribution in [1.29, 1.82) is 0 Å². The molecule has 0 aliphatic rings. The van der Waals surface area contributed by atoms with Gasteiger partial charge in [-0.2, -0.15) is 0 Å². The van der Waals surface area contributed by atoms with E-state index in [1.165, 1.54) is 17.8 Å². The molecule has 0 atom stereocenters. The van der Waals surface area contributed by atoms with Crippen LogP contribution in [0.2, 0.25) is 10.0 Å². The van der Waals surface area contributed by atoms with Crippen LogP contribution in [-0.2, 0) is 16.3 Å². The van der Waals surface area contributed by atoms with Crippen LogP contribution in [0.25, 0.3) is 0 Å². The molecule has 2 aromatic rings. The van der Waals surface area contributed by atoms with Crippen LogP contribution in [0.4, 0.5) is 0 Å². The summed E-state index contributed by atoms with van der Waals surface area (Å²) in [5.74, 6) is 0.335. The fourth-order valence-corrected chi connectivity index (χ4v) is 1.50. The Hall–Kier alpha value is -1.79. The first-order valence-corrected chi connectivity index (χ1v) is 5.96. The van der Waals surface area contributed by atoms with Crippen LogP contribution in [-0.4, -0.2) is 21.0 Å². The number of halogens is 2. The van der Waals surface area contributed by atoms with Gasteiger partial charge in [0.15, 0.2) is 6.73 Å². The molecule has 2 rings (SSSR count). The molecule has 0 N–H and O–H groups in total. The molecule has 0 fully saturated rings. The number of aromatic nitrogens is 3. The number of carbonyl (C=O) groups is 1. The summed E-state index contributed by atoms with van der Waals surface area (Å²) in [4.78, 5) is 10.6. The molecule has 0 amide bonds. The van der Waals surface area contributed by atoms with E-state index in [1.54, 1.807) is 18.2 Å². The summed E-state index contributed by atoms with van der Waals surface area (Å²) < 4.78 is 11.5. The highest BCUT2D eigenvalue weighted by Crippen LogP contribution is 2.28. The molecule has 100 valence electrons. The number of hydrogen-bond donors (Lipinski definition) is 0. The molecule has 1 aromatic heterocycles. The molecule has 1 heterocycles. The predicted molar refractivity (Wildman–Crippen MR) is 68.3 cm³/mol. The molecule has 0 aliphatic carbocycles. The summed E-state index contributed by atoms with van der Waals surface area (Å²) in [6.45, 7) is 1.29.